The van der Waals surface area contributed by atoms with E-state index in [4.69, 9.17) is 27.9 Å². The molecule has 1 amide bonds. The maximum atomic E-state index is 12.6. The minimum Gasteiger partial charge on any atom is -0.444 e. The first kappa shape index (κ1) is 19.7. The number of fused-ring (bicyclic) bond motifs is 2. The van der Waals surface area contributed by atoms with Gasteiger partial charge in [0.25, 0.3) is 0 Å². The Labute approximate surface area is 163 Å². The highest BCUT2D eigenvalue weighted by molar-refractivity contribution is 6.42. The standard InChI is InChI=1S/C19H25Cl2NO4/c1-17(2,3)26-16(24)22-10-19(25,11-23)18(7-6-13(22)9-18)12-4-5-14(20)15(21)8-12/h4-5,8,13,23,25H,6-7,9-11H2,1-3H3/t13-,18-,19+/m1/s1. The molecule has 0 spiro atoms. The van der Waals surface area contributed by atoms with E-state index in [9.17, 15) is 15.0 Å². The number of benzene rings is 1. The van der Waals surface area contributed by atoms with E-state index in [1.165, 1.54) is 0 Å². The molecule has 0 radical (unpaired) electrons. The minimum absolute atomic E-state index is 0.0172. The van der Waals surface area contributed by atoms with Crippen molar-refractivity contribution in [1.82, 2.24) is 4.90 Å². The highest BCUT2D eigenvalue weighted by atomic mass is 35.5. The average Bonchev–Trinajstić information content (AvgIpc) is 2.95. The van der Waals surface area contributed by atoms with Crippen molar-refractivity contribution >= 4 is 29.3 Å². The van der Waals surface area contributed by atoms with Gasteiger partial charge < -0.3 is 19.8 Å². The third kappa shape index (κ3) is 3.19. The topological polar surface area (TPSA) is 70.0 Å². The molecule has 1 aliphatic heterocycles. The predicted octanol–water partition coefficient (Wildman–Crippen LogP) is 3.76. The van der Waals surface area contributed by atoms with Crippen LogP contribution >= 0.6 is 23.2 Å². The zero-order chi connectivity index (χ0) is 19.3. The normalized spacial score (nSPS) is 31.2. The lowest BCUT2D eigenvalue weighted by atomic mass is 9.64. The van der Waals surface area contributed by atoms with E-state index in [0.717, 1.165) is 12.0 Å². The number of carbonyl (C=O) groups excluding carboxylic acids is 1. The molecular formula is C19H25Cl2NO4. The molecule has 144 valence electrons. The van der Waals surface area contributed by atoms with Crippen LogP contribution in [0.3, 0.4) is 0 Å². The number of hydrogen-bond donors (Lipinski definition) is 2. The number of ether oxygens (including phenoxy) is 1. The van der Waals surface area contributed by atoms with Crippen LogP contribution in [0.25, 0.3) is 0 Å². The van der Waals surface area contributed by atoms with E-state index in [1.807, 2.05) is 26.8 Å². The van der Waals surface area contributed by atoms with Crippen LogP contribution in [0.2, 0.25) is 10.0 Å². The summed E-state index contributed by atoms with van der Waals surface area (Å²) in [4.78, 5) is 14.2. The van der Waals surface area contributed by atoms with E-state index >= 15 is 0 Å². The number of halogens is 2. The maximum Gasteiger partial charge on any atom is 0.410 e. The lowest BCUT2D eigenvalue weighted by Gasteiger charge is -2.51. The fourth-order valence-corrected chi connectivity index (χ4v) is 4.63. The predicted molar refractivity (Wildman–Crippen MR) is 101 cm³/mol. The van der Waals surface area contributed by atoms with Gasteiger partial charge in [-0.15, -0.1) is 0 Å². The van der Waals surface area contributed by atoms with Crippen molar-refractivity contribution in [1.29, 1.82) is 0 Å². The number of likely N-dealkylation sites (tertiary alicyclic amines) is 1. The molecule has 7 heteroatoms. The van der Waals surface area contributed by atoms with Crippen LogP contribution in [-0.2, 0) is 10.2 Å². The summed E-state index contributed by atoms with van der Waals surface area (Å²) in [5.74, 6) is 0. The summed E-state index contributed by atoms with van der Waals surface area (Å²) in [6.07, 6.45) is 1.45. The van der Waals surface area contributed by atoms with E-state index in [2.05, 4.69) is 0 Å². The van der Waals surface area contributed by atoms with Crippen LogP contribution in [0, 0.1) is 0 Å². The van der Waals surface area contributed by atoms with Crippen molar-refractivity contribution in [3.05, 3.63) is 33.8 Å². The molecule has 3 atom stereocenters. The summed E-state index contributed by atoms with van der Waals surface area (Å²) < 4.78 is 5.49. The van der Waals surface area contributed by atoms with Crippen molar-refractivity contribution in [3.8, 4) is 0 Å². The van der Waals surface area contributed by atoms with Crippen LogP contribution in [-0.4, -0.2) is 51.6 Å². The molecular weight excluding hydrogens is 377 g/mol. The Morgan fingerprint density at radius 3 is 2.62 bits per heavy atom. The quantitative estimate of drug-likeness (QED) is 0.791. The SMILES string of the molecule is CC(C)(C)OC(=O)N1C[C@](O)(CO)[C@]2(c3ccc(Cl)c(Cl)c3)CC[C@@H]1C2. The molecule has 2 aliphatic rings. The largest absolute Gasteiger partial charge is 0.444 e. The number of aliphatic hydroxyl groups is 2. The third-order valence-corrected chi connectivity index (χ3v) is 6.35. The Kier molecular flexibility index (Phi) is 4.98. The van der Waals surface area contributed by atoms with E-state index in [1.54, 1.807) is 17.0 Å². The molecule has 2 bridgehead atoms. The minimum atomic E-state index is -1.48. The summed E-state index contributed by atoms with van der Waals surface area (Å²) in [6, 6.07) is 5.27. The first-order valence-corrected chi connectivity index (χ1v) is 9.55. The van der Waals surface area contributed by atoms with Gasteiger partial charge in [-0.05, 0) is 57.7 Å². The van der Waals surface area contributed by atoms with Gasteiger partial charge in [-0.3, -0.25) is 0 Å². The Hall–Kier alpha value is -1.01. The van der Waals surface area contributed by atoms with Gasteiger partial charge >= 0.3 is 6.09 Å². The van der Waals surface area contributed by atoms with Crippen LogP contribution in [0.4, 0.5) is 4.79 Å². The molecule has 2 N–H and O–H groups in total. The number of β-amino-alcohol motifs (C(OH)–C–C–N with tert-alkyl or cyclic N) is 1. The first-order chi connectivity index (χ1) is 12.0. The average molecular weight is 402 g/mol. The molecule has 5 nitrogen and oxygen atoms in total. The number of nitrogens with zero attached hydrogens (tertiary/aromatic N) is 1. The van der Waals surface area contributed by atoms with Gasteiger partial charge in [0.2, 0.25) is 0 Å². The number of amides is 1. The van der Waals surface area contributed by atoms with Crippen LogP contribution in [0.5, 0.6) is 0 Å². The molecule has 1 saturated heterocycles. The van der Waals surface area contributed by atoms with Gasteiger partial charge in [-0.1, -0.05) is 29.3 Å². The van der Waals surface area contributed by atoms with Gasteiger partial charge in [0, 0.05) is 11.5 Å². The Morgan fingerprint density at radius 2 is 2.04 bits per heavy atom. The molecule has 0 unspecified atom stereocenters. The van der Waals surface area contributed by atoms with Gasteiger partial charge in [-0.25, -0.2) is 4.79 Å². The highest BCUT2D eigenvalue weighted by Crippen LogP contribution is 2.54. The number of hydrogen-bond acceptors (Lipinski definition) is 4. The second kappa shape index (κ2) is 6.55. The van der Waals surface area contributed by atoms with Crippen molar-refractivity contribution in [2.75, 3.05) is 13.2 Å². The summed E-state index contributed by atoms with van der Waals surface area (Å²) in [7, 11) is 0. The van der Waals surface area contributed by atoms with Gasteiger partial charge in [0.1, 0.15) is 11.2 Å². The zero-order valence-electron chi connectivity index (χ0n) is 15.3. The van der Waals surface area contributed by atoms with Gasteiger partial charge in [-0.2, -0.15) is 0 Å². The number of carbonyl (C=O) groups is 1. The van der Waals surface area contributed by atoms with Gasteiger partial charge in [0.05, 0.1) is 23.2 Å². The van der Waals surface area contributed by atoms with Crippen LogP contribution in [0.1, 0.15) is 45.6 Å². The molecule has 2 fully saturated rings. The summed E-state index contributed by atoms with van der Waals surface area (Å²) in [6.45, 7) is 4.98. The Bertz CT molecular complexity index is 720. The van der Waals surface area contributed by atoms with E-state index < -0.39 is 29.3 Å². The van der Waals surface area contributed by atoms with E-state index in [0.29, 0.717) is 22.9 Å². The first-order valence-electron chi connectivity index (χ1n) is 8.80. The Balaban J connectivity index is 1.96. The van der Waals surface area contributed by atoms with Crippen molar-refractivity contribution in [2.45, 2.75) is 62.7 Å². The fourth-order valence-electron chi connectivity index (χ4n) is 4.33. The molecule has 3 rings (SSSR count). The molecule has 0 aromatic heterocycles. The molecule has 1 saturated carbocycles. The highest BCUT2D eigenvalue weighted by Gasteiger charge is 2.61. The van der Waals surface area contributed by atoms with Crippen molar-refractivity contribution in [2.24, 2.45) is 0 Å². The third-order valence-electron chi connectivity index (χ3n) is 5.61. The fraction of sp³-hybridized carbons (Fsp3) is 0.632. The van der Waals surface area contributed by atoms with E-state index in [-0.39, 0.29) is 12.6 Å². The number of aliphatic hydroxyl groups excluding tert-OH is 1. The maximum absolute atomic E-state index is 12.6. The molecule has 1 aromatic rings. The number of rotatable bonds is 2. The Morgan fingerprint density at radius 1 is 1.35 bits per heavy atom. The summed E-state index contributed by atoms with van der Waals surface area (Å²) in [5.41, 5.74) is -1.92. The summed E-state index contributed by atoms with van der Waals surface area (Å²) in [5, 5.41) is 22.3. The zero-order valence-corrected chi connectivity index (χ0v) is 16.8. The summed E-state index contributed by atoms with van der Waals surface area (Å²) >= 11 is 12.2. The molecule has 26 heavy (non-hydrogen) atoms. The van der Waals surface area contributed by atoms with Crippen LogP contribution < -0.4 is 0 Å². The van der Waals surface area contributed by atoms with Crippen molar-refractivity contribution in [3.63, 3.8) is 0 Å². The smallest absolute Gasteiger partial charge is 0.410 e. The second-order valence-corrected chi connectivity index (χ2v) is 9.22. The van der Waals surface area contributed by atoms with Gasteiger partial charge in [0.15, 0.2) is 0 Å². The number of piperidine rings is 1. The lowest BCUT2D eigenvalue weighted by molar-refractivity contribution is -0.119. The lowest BCUT2D eigenvalue weighted by Crippen LogP contribution is -2.65. The monoisotopic (exact) mass is 401 g/mol. The second-order valence-electron chi connectivity index (χ2n) is 8.41. The van der Waals surface area contributed by atoms with Crippen molar-refractivity contribution < 1.29 is 19.7 Å². The molecule has 1 heterocycles. The molecule has 1 aliphatic carbocycles. The van der Waals surface area contributed by atoms with Crippen LogP contribution in [0.15, 0.2) is 18.2 Å². The molecule has 1 aromatic carbocycles.